The van der Waals surface area contributed by atoms with Gasteiger partial charge in [-0.2, -0.15) is 0 Å². The second-order valence-corrected chi connectivity index (χ2v) is 5.74. The van der Waals surface area contributed by atoms with Crippen LogP contribution < -0.4 is 15.4 Å². The van der Waals surface area contributed by atoms with Gasteiger partial charge in [0.05, 0.1) is 6.61 Å². The fraction of sp³-hybridized carbons (Fsp3) is 0.263. The third-order valence-corrected chi connectivity index (χ3v) is 3.72. The normalized spacial score (nSPS) is 13.2. The highest BCUT2D eigenvalue weighted by molar-refractivity contribution is 6.05. The quantitative estimate of drug-likeness (QED) is 0.857. The Hall–Kier alpha value is -2.82. The Bertz CT molecular complexity index is 737. The highest BCUT2D eigenvalue weighted by atomic mass is 16.5. The van der Waals surface area contributed by atoms with E-state index in [1.807, 2.05) is 6.92 Å². The number of carbonyl (C=O) groups is 2. The molecule has 5 nitrogen and oxygen atoms in total. The lowest BCUT2D eigenvalue weighted by atomic mass is 10.1. The van der Waals surface area contributed by atoms with Gasteiger partial charge >= 0.3 is 0 Å². The molecule has 24 heavy (non-hydrogen) atoms. The van der Waals surface area contributed by atoms with Crippen LogP contribution >= 0.6 is 0 Å². The first-order valence-electron chi connectivity index (χ1n) is 8.11. The minimum atomic E-state index is -0.224. The van der Waals surface area contributed by atoms with Gasteiger partial charge in [-0.3, -0.25) is 9.59 Å². The maximum absolute atomic E-state index is 12.3. The van der Waals surface area contributed by atoms with Gasteiger partial charge in [-0.15, -0.1) is 0 Å². The average Bonchev–Trinajstić information content (AvgIpc) is 3.40. The Kier molecular flexibility index (Phi) is 4.79. The standard InChI is InChI=1S/C19H20N2O3/c1-2-24-17-10-6-13(7-11-17)18(22)21-16-5-3-4-14(12-16)19(23)20-15-8-9-15/h3-7,10-12,15H,2,8-9H2,1H3,(H,20,23)(H,21,22). The van der Waals surface area contributed by atoms with Gasteiger partial charge in [-0.25, -0.2) is 0 Å². The van der Waals surface area contributed by atoms with Gasteiger partial charge in [-0.1, -0.05) is 6.07 Å². The molecular formula is C19H20N2O3. The Morgan fingerprint density at radius 2 is 1.79 bits per heavy atom. The number of carbonyl (C=O) groups excluding carboxylic acids is 2. The minimum Gasteiger partial charge on any atom is -0.494 e. The number of hydrogen-bond donors (Lipinski definition) is 2. The maximum Gasteiger partial charge on any atom is 0.255 e. The molecule has 3 rings (SSSR count). The largest absolute Gasteiger partial charge is 0.494 e. The van der Waals surface area contributed by atoms with Crippen LogP contribution in [0.25, 0.3) is 0 Å². The number of anilines is 1. The molecule has 1 aliphatic carbocycles. The topological polar surface area (TPSA) is 67.4 Å². The van der Waals surface area contributed by atoms with Gasteiger partial charge in [0.2, 0.25) is 0 Å². The molecular weight excluding hydrogens is 304 g/mol. The molecule has 1 saturated carbocycles. The first-order chi connectivity index (χ1) is 11.7. The molecule has 1 fully saturated rings. The molecule has 2 aromatic carbocycles. The second-order valence-electron chi connectivity index (χ2n) is 5.74. The Morgan fingerprint density at radius 3 is 2.46 bits per heavy atom. The summed E-state index contributed by atoms with van der Waals surface area (Å²) >= 11 is 0. The zero-order valence-corrected chi connectivity index (χ0v) is 13.5. The van der Waals surface area contributed by atoms with Crippen LogP contribution in [0.5, 0.6) is 5.75 Å². The molecule has 0 radical (unpaired) electrons. The van der Waals surface area contributed by atoms with Gasteiger partial charge < -0.3 is 15.4 Å². The van der Waals surface area contributed by atoms with Gasteiger partial charge in [-0.05, 0) is 62.2 Å². The summed E-state index contributed by atoms with van der Waals surface area (Å²) < 4.78 is 5.36. The van der Waals surface area contributed by atoms with E-state index in [9.17, 15) is 9.59 Å². The maximum atomic E-state index is 12.3. The lowest BCUT2D eigenvalue weighted by Crippen LogP contribution is -2.25. The van der Waals surface area contributed by atoms with Crippen LogP contribution in [0.4, 0.5) is 5.69 Å². The fourth-order valence-electron chi connectivity index (χ4n) is 2.31. The van der Waals surface area contributed by atoms with E-state index in [-0.39, 0.29) is 11.8 Å². The van der Waals surface area contributed by atoms with Crippen LogP contribution in [0.15, 0.2) is 48.5 Å². The van der Waals surface area contributed by atoms with Crippen molar-refractivity contribution in [1.29, 1.82) is 0 Å². The summed E-state index contributed by atoms with van der Waals surface area (Å²) in [4.78, 5) is 24.4. The lowest BCUT2D eigenvalue weighted by molar-refractivity contribution is 0.0949. The van der Waals surface area contributed by atoms with Crippen LogP contribution in [-0.4, -0.2) is 24.5 Å². The van der Waals surface area contributed by atoms with Crippen molar-refractivity contribution in [2.75, 3.05) is 11.9 Å². The molecule has 0 spiro atoms. The average molecular weight is 324 g/mol. The third kappa shape index (κ3) is 4.13. The van der Waals surface area contributed by atoms with Gasteiger partial charge in [0, 0.05) is 22.9 Å². The second kappa shape index (κ2) is 7.17. The number of amides is 2. The predicted molar refractivity (Wildman–Crippen MR) is 92.5 cm³/mol. The molecule has 0 unspecified atom stereocenters. The number of benzene rings is 2. The van der Waals surface area contributed by atoms with Crippen molar-refractivity contribution >= 4 is 17.5 Å². The van der Waals surface area contributed by atoms with Crippen molar-refractivity contribution in [2.24, 2.45) is 0 Å². The molecule has 0 aromatic heterocycles. The van der Waals surface area contributed by atoms with Crippen molar-refractivity contribution in [1.82, 2.24) is 5.32 Å². The minimum absolute atomic E-state index is 0.102. The number of nitrogens with one attached hydrogen (secondary N) is 2. The van der Waals surface area contributed by atoms with E-state index >= 15 is 0 Å². The van der Waals surface area contributed by atoms with Crippen molar-refractivity contribution in [3.8, 4) is 5.75 Å². The summed E-state index contributed by atoms with van der Waals surface area (Å²) in [6, 6.07) is 14.2. The van der Waals surface area contributed by atoms with Crippen molar-refractivity contribution in [2.45, 2.75) is 25.8 Å². The molecule has 124 valence electrons. The van der Waals surface area contributed by atoms with Gasteiger partial charge in [0.25, 0.3) is 11.8 Å². The smallest absolute Gasteiger partial charge is 0.255 e. The van der Waals surface area contributed by atoms with Crippen LogP contribution in [0.2, 0.25) is 0 Å². The zero-order valence-electron chi connectivity index (χ0n) is 13.5. The molecule has 2 N–H and O–H groups in total. The highest BCUT2D eigenvalue weighted by Crippen LogP contribution is 2.20. The summed E-state index contributed by atoms with van der Waals surface area (Å²) in [5, 5.41) is 5.75. The van der Waals surface area contributed by atoms with Crippen LogP contribution in [0.1, 0.15) is 40.5 Å². The molecule has 2 aromatic rings. The lowest BCUT2D eigenvalue weighted by Gasteiger charge is -2.09. The van der Waals surface area contributed by atoms with Crippen molar-refractivity contribution < 1.29 is 14.3 Å². The highest BCUT2D eigenvalue weighted by Gasteiger charge is 2.23. The van der Waals surface area contributed by atoms with E-state index in [1.165, 1.54) is 0 Å². The van der Waals surface area contributed by atoms with Crippen LogP contribution in [0.3, 0.4) is 0 Å². The van der Waals surface area contributed by atoms with Crippen molar-refractivity contribution in [3.05, 3.63) is 59.7 Å². The summed E-state index contributed by atoms with van der Waals surface area (Å²) in [6.07, 6.45) is 2.08. The first-order valence-corrected chi connectivity index (χ1v) is 8.11. The number of rotatable bonds is 6. The van der Waals surface area contributed by atoms with E-state index in [0.29, 0.717) is 29.5 Å². The zero-order chi connectivity index (χ0) is 16.9. The molecule has 0 bridgehead atoms. The van der Waals surface area contributed by atoms with Gasteiger partial charge in [0.15, 0.2) is 0 Å². The van der Waals surface area contributed by atoms with Crippen LogP contribution in [-0.2, 0) is 0 Å². The molecule has 0 atom stereocenters. The summed E-state index contributed by atoms with van der Waals surface area (Å²) in [7, 11) is 0. The molecule has 0 heterocycles. The third-order valence-electron chi connectivity index (χ3n) is 3.72. The SMILES string of the molecule is CCOc1ccc(C(=O)Nc2cccc(C(=O)NC3CC3)c2)cc1. The number of hydrogen-bond acceptors (Lipinski definition) is 3. The molecule has 5 heteroatoms. The Labute approximate surface area is 141 Å². The van der Waals surface area contributed by atoms with Gasteiger partial charge in [0.1, 0.15) is 5.75 Å². The predicted octanol–water partition coefficient (Wildman–Crippen LogP) is 3.23. The molecule has 0 saturated heterocycles. The first kappa shape index (κ1) is 16.1. The van der Waals surface area contributed by atoms with Crippen LogP contribution in [0, 0.1) is 0 Å². The summed E-state index contributed by atoms with van der Waals surface area (Å²) in [5.41, 5.74) is 1.68. The molecule has 0 aliphatic heterocycles. The Balaban J connectivity index is 1.66. The summed E-state index contributed by atoms with van der Waals surface area (Å²) in [6.45, 7) is 2.49. The summed E-state index contributed by atoms with van der Waals surface area (Å²) in [5.74, 6) is 0.403. The monoisotopic (exact) mass is 324 g/mol. The van der Waals surface area contributed by atoms with Crippen molar-refractivity contribution in [3.63, 3.8) is 0 Å². The molecule has 1 aliphatic rings. The fourth-order valence-corrected chi connectivity index (χ4v) is 2.31. The van der Waals surface area contributed by atoms with E-state index in [4.69, 9.17) is 4.74 Å². The molecule has 2 amide bonds. The van der Waals surface area contributed by atoms with E-state index in [2.05, 4.69) is 10.6 Å². The number of ether oxygens (including phenoxy) is 1. The van der Waals surface area contributed by atoms with E-state index < -0.39 is 0 Å². The van der Waals surface area contributed by atoms with E-state index in [1.54, 1.807) is 48.5 Å². The van der Waals surface area contributed by atoms with E-state index in [0.717, 1.165) is 18.6 Å². The Morgan fingerprint density at radius 1 is 1.04 bits per heavy atom.